The fourth-order valence-corrected chi connectivity index (χ4v) is 3.55. The van der Waals surface area contributed by atoms with Gasteiger partial charge in [0.15, 0.2) is 0 Å². The summed E-state index contributed by atoms with van der Waals surface area (Å²) >= 11 is 1.85. The van der Waals surface area contributed by atoms with E-state index in [1.54, 1.807) is 0 Å². The molecule has 21 heavy (non-hydrogen) atoms. The van der Waals surface area contributed by atoms with Crippen LogP contribution in [0.3, 0.4) is 0 Å². The molecule has 3 aromatic rings. The van der Waals surface area contributed by atoms with Gasteiger partial charge in [0.25, 0.3) is 0 Å². The van der Waals surface area contributed by atoms with Gasteiger partial charge in [-0.15, -0.1) is 11.3 Å². The van der Waals surface area contributed by atoms with Crippen molar-refractivity contribution in [2.24, 2.45) is 0 Å². The summed E-state index contributed by atoms with van der Waals surface area (Å²) in [5.74, 6) is 0. The minimum Gasteiger partial charge on any atom is -0.313 e. The molecule has 0 fully saturated rings. The van der Waals surface area contributed by atoms with Crippen molar-refractivity contribution in [1.82, 2.24) is 10.3 Å². The molecule has 2 nitrogen and oxygen atoms in total. The number of pyridine rings is 1. The standard InChI is InChI=1S/C18H20N2S/c1-19-17(11-3-8-15-9-5-13-21-15)16-10-2-6-14-7-4-12-20-18(14)16/h2,4-7,9-10,12-13,17,19H,3,8,11H2,1H3. The highest BCUT2D eigenvalue weighted by Crippen LogP contribution is 2.26. The van der Waals surface area contributed by atoms with Crippen molar-refractivity contribution in [3.8, 4) is 0 Å². The lowest BCUT2D eigenvalue weighted by atomic mass is 9.98. The number of thiophene rings is 1. The van der Waals surface area contributed by atoms with Crippen LogP contribution in [0, 0.1) is 0 Å². The van der Waals surface area contributed by atoms with Crippen LogP contribution < -0.4 is 5.32 Å². The quantitative estimate of drug-likeness (QED) is 0.720. The average Bonchev–Trinajstić information content (AvgIpc) is 3.05. The van der Waals surface area contributed by atoms with Crippen molar-refractivity contribution in [1.29, 1.82) is 0 Å². The number of aryl methyl sites for hydroxylation is 1. The zero-order valence-corrected chi connectivity index (χ0v) is 13.1. The Balaban J connectivity index is 1.75. The Kier molecular flexibility index (Phi) is 4.63. The normalized spacial score (nSPS) is 12.6. The van der Waals surface area contributed by atoms with Crippen LogP contribution in [0.1, 0.15) is 29.3 Å². The Bertz CT molecular complexity index is 686. The monoisotopic (exact) mass is 296 g/mol. The van der Waals surface area contributed by atoms with E-state index in [1.165, 1.54) is 22.2 Å². The van der Waals surface area contributed by atoms with Gasteiger partial charge in [0.2, 0.25) is 0 Å². The SMILES string of the molecule is CNC(CCCc1cccs1)c1cccc2cccnc12. The molecule has 3 heteroatoms. The summed E-state index contributed by atoms with van der Waals surface area (Å²) in [5, 5.41) is 6.82. The number of nitrogens with one attached hydrogen (secondary N) is 1. The van der Waals surface area contributed by atoms with Crippen molar-refractivity contribution in [2.75, 3.05) is 7.05 Å². The van der Waals surface area contributed by atoms with Crippen molar-refractivity contribution >= 4 is 22.2 Å². The van der Waals surface area contributed by atoms with E-state index in [2.05, 4.69) is 52.1 Å². The van der Waals surface area contributed by atoms with Gasteiger partial charge in [-0.25, -0.2) is 0 Å². The Morgan fingerprint density at radius 3 is 2.86 bits per heavy atom. The zero-order valence-electron chi connectivity index (χ0n) is 12.3. The fraction of sp³-hybridized carbons (Fsp3) is 0.278. The summed E-state index contributed by atoms with van der Waals surface area (Å²) < 4.78 is 0. The predicted octanol–water partition coefficient (Wildman–Crippen LogP) is 4.58. The largest absolute Gasteiger partial charge is 0.313 e. The molecule has 0 spiro atoms. The first kappa shape index (κ1) is 14.2. The second-order valence-corrected chi connectivity index (χ2v) is 6.27. The molecule has 0 aliphatic carbocycles. The van der Waals surface area contributed by atoms with Crippen molar-refractivity contribution in [3.05, 3.63) is 64.5 Å². The maximum atomic E-state index is 4.57. The first-order valence-corrected chi connectivity index (χ1v) is 8.30. The molecular formula is C18H20N2S. The van der Waals surface area contributed by atoms with Gasteiger partial charge in [0.05, 0.1) is 5.52 Å². The minimum absolute atomic E-state index is 0.364. The average molecular weight is 296 g/mol. The van der Waals surface area contributed by atoms with E-state index in [0.717, 1.165) is 18.4 Å². The lowest BCUT2D eigenvalue weighted by Crippen LogP contribution is -2.17. The Morgan fingerprint density at radius 1 is 1.14 bits per heavy atom. The lowest BCUT2D eigenvalue weighted by molar-refractivity contribution is 0.531. The maximum Gasteiger partial charge on any atom is 0.0749 e. The summed E-state index contributed by atoms with van der Waals surface area (Å²) in [6.07, 6.45) is 5.36. The van der Waals surface area contributed by atoms with Crippen LogP contribution in [-0.4, -0.2) is 12.0 Å². The van der Waals surface area contributed by atoms with Crippen LogP contribution in [0.25, 0.3) is 10.9 Å². The molecule has 2 aromatic heterocycles. The van der Waals surface area contributed by atoms with E-state index in [0.29, 0.717) is 6.04 Å². The summed E-state index contributed by atoms with van der Waals surface area (Å²) in [7, 11) is 2.04. The van der Waals surface area contributed by atoms with Crippen molar-refractivity contribution in [3.63, 3.8) is 0 Å². The molecule has 0 aliphatic heterocycles. The first-order valence-electron chi connectivity index (χ1n) is 7.42. The molecule has 3 rings (SSSR count). The lowest BCUT2D eigenvalue weighted by Gasteiger charge is -2.18. The Hall–Kier alpha value is -1.71. The first-order chi connectivity index (χ1) is 10.4. The highest BCUT2D eigenvalue weighted by Gasteiger charge is 2.13. The van der Waals surface area contributed by atoms with Gasteiger partial charge in [0, 0.05) is 22.5 Å². The van der Waals surface area contributed by atoms with Crippen LogP contribution >= 0.6 is 11.3 Å². The molecule has 2 heterocycles. The van der Waals surface area contributed by atoms with Crippen LogP contribution in [0.4, 0.5) is 0 Å². The third kappa shape index (κ3) is 3.31. The number of aromatic nitrogens is 1. The number of hydrogen-bond donors (Lipinski definition) is 1. The summed E-state index contributed by atoms with van der Waals surface area (Å²) in [5.41, 5.74) is 2.43. The summed E-state index contributed by atoms with van der Waals surface area (Å²) in [6.45, 7) is 0. The second-order valence-electron chi connectivity index (χ2n) is 5.24. The van der Waals surface area contributed by atoms with Gasteiger partial charge in [0.1, 0.15) is 0 Å². The van der Waals surface area contributed by atoms with E-state index >= 15 is 0 Å². The molecule has 0 amide bonds. The van der Waals surface area contributed by atoms with Gasteiger partial charge >= 0.3 is 0 Å². The molecule has 0 radical (unpaired) electrons. The van der Waals surface area contributed by atoms with Crippen LogP contribution in [-0.2, 0) is 6.42 Å². The Labute approximate surface area is 129 Å². The van der Waals surface area contributed by atoms with Gasteiger partial charge in [-0.2, -0.15) is 0 Å². The third-order valence-electron chi connectivity index (χ3n) is 3.88. The number of benzene rings is 1. The molecule has 1 atom stereocenters. The summed E-state index contributed by atoms with van der Waals surface area (Å²) in [4.78, 5) is 6.04. The smallest absolute Gasteiger partial charge is 0.0749 e. The van der Waals surface area contributed by atoms with Gasteiger partial charge in [-0.3, -0.25) is 4.98 Å². The zero-order chi connectivity index (χ0) is 14.5. The number of para-hydroxylation sites is 1. The maximum absolute atomic E-state index is 4.57. The Morgan fingerprint density at radius 2 is 2.05 bits per heavy atom. The predicted molar refractivity (Wildman–Crippen MR) is 90.8 cm³/mol. The number of rotatable bonds is 6. The van der Waals surface area contributed by atoms with Gasteiger partial charge in [-0.1, -0.05) is 30.3 Å². The highest BCUT2D eigenvalue weighted by atomic mass is 32.1. The molecule has 0 aliphatic rings. The van der Waals surface area contributed by atoms with Crippen LogP contribution in [0.5, 0.6) is 0 Å². The van der Waals surface area contributed by atoms with E-state index in [1.807, 2.05) is 30.6 Å². The molecule has 1 aromatic carbocycles. The molecular weight excluding hydrogens is 276 g/mol. The van der Waals surface area contributed by atoms with Crippen molar-refractivity contribution < 1.29 is 0 Å². The molecule has 108 valence electrons. The molecule has 0 bridgehead atoms. The van der Waals surface area contributed by atoms with Crippen molar-refractivity contribution in [2.45, 2.75) is 25.3 Å². The van der Waals surface area contributed by atoms with Gasteiger partial charge < -0.3 is 5.32 Å². The molecule has 0 saturated carbocycles. The fourth-order valence-electron chi connectivity index (χ4n) is 2.80. The third-order valence-corrected chi connectivity index (χ3v) is 4.82. The van der Waals surface area contributed by atoms with Gasteiger partial charge in [-0.05, 0) is 49.4 Å². The van der Waals surface area contributed by atoms with E-state index in [9.17, 15) is 0 Å². The highest BCUT2D eigenvalue weighted by molar-refractivity contribution is 7.09. The van der Waals surface area contributed by atoms with E-state index < -0.39 is 0 Å². The van der Waals surface area contributed by atoms with E-state index in [4.69, 9.17) is 0 Å². The summed E-state index contributed by atoms with van der Waals surface area (Å²) in [6, 6.07) is 15.3. The molecule has 0 saturated heterocycles. The van der Waals surface area contributed by atoms with E-state index in [-0.39, 0.29) is 0 Å². The topological polar surface area (TPSA) is 24.9 Å². The minimum atomic E-state index is 0.364. The number of fused-ring (bicyclic) bond motifs is 1. The van der Waals surface area contributed by atoms with Crippen LogP contribution in [0.2, 0.25) is 0 Å². The number of hydrogen-bond acceptors (Lipinski definition) is 3. The molecule has 1 N–H and O–H groups in total. The second kappa shape index (κ2) is 6.83. The van der Waals surface area contributed by atoms with Crippen LogP contribution in [0.15, 0.2) is 54.0 Å². The molecule has 1 unspecified atom stereocenters. The number of nitrogens with zero attached hydrogens (tertiary/aromatic N) is 1.